The van der Waals surface area contributed by atoms with Crippen LogP contribution in [0.1, 0.15) is 41.5 Å². The lowest BCUT2D eigenvalue weighted by molar-refractivity contribution is -0.345. The van der Waals surface area contributed by atoms with Gasteiger partial charge in [0.05, 0.1) is 6.61 Å². The van der Waals surface area contributed by atoms with Gasteiger partial charge in [0, 0.05) is 41.5 Å². The molecule has 0 radical (unpaired) electrons. The van der Waals surface area contributed by atoms with E-state index in [1.54, 1.807) is 0 Å². The van der Waals surface area contributed by atoms with Crippen molar-refractivity contribution in [2.45, 2.75) is 96.9 Å². The number of hydrogen-bond donors (Lipinski definition) is 1. The summed E-state index contributed by atoms with van der Waals surface area (Å²) >= 11 is 0. The fourth-order valence-electron chi connectivity index (χ4n) is 4.02. The van der Waals surface area contributed by atoms with Crippen LogP contribution >= 0.6 is 0 Å². The minimum atomic E-state index is -1.84. The zero-order valence-corrected chi connectivity index (χ0v) is 22.2. The second kappa shape index (κ2) is 14.2. The van der Waals surface area contributed by atoms with Gasteiger partial charge in [0.2, 0.25) is 0 Å². The highest BCUT2D eigenvalue weighted by Gasteiger charge is 2.55. The molecule has 0 saturated carbocycles. The molecule has 16 heteroatoms. The second-order valence-corrected chi connectivity index (χ2v) is 8.61. The number of hydrogen-bond acceptors (Lipinski definition) is 16. The summed E-state index contributed by atoms with van der Waals surface area (Å²) in [5.41, 5.74) is 0. The lowest BCUT2D eigenvalue weighted by Gasteiger charge is -2.46. The van der Waals surface area contributed by atoms with Crippen LogP contribution in [-0.4, -0.2) is 109 Å². The van der Waals surface area contributed by atoms with Crippen LogP contribution in [0.5, 0.6) is 0 Å². The molecule has 0 aromatic rings. The van der Waals surface area contributed by atoms with Gasteiger partial charge in [-0.15, -0.1) is 0 Å². The Morgan fingerprint density at radius 3 is 1.64 bits per heavy atom. The largest absolute Gasteiger partial charge is 0.463 e. The Hall–Kier alpha value is -3.34. The van der Waals surface area contributed by atoms with Crippen molar-refractivity contribution in [2.75, 3.05) is 13.2 Å². The molecule has 220 valence electrons. The van der Waals surface area contributed by atoms with Crippen LogP contribution in [0.4, 0.5) is 0 Å². The first kappa shape index (κ1) is 31.9. The van der Waals surface area contributed by atoms with Crippen LogP contribution in [0, 0.1) is 0 Å². The van der Waals surface area contributed by atoms with Crippen molar-refractivity contribution in [3.8, 4) is 0 Å². The number of carbonyl (C=O) groups is 6. The Morgan fingerprint density at radius 2 is 1.13 bits per heavy atom. The van der Waals surface area contributed by atoms with Crippen LogP contribution in [0.25, 0.3) is 0 Å². The average molecular weight is 564 g/mol. The van der Waals surface area contributed by atoms with Gasteiger partial charge in [0.1, 0.15) is 18.8 Å². The third-order valence-corrected chi connectivity index (χ3v) is 5.26. The third kappa shape index (κ3) is 9.42. The zero-order chi connectivity index (χ0) is 29.4. The molecule has 2 aliphatic heterocycles. The van der Waals surface area contributed by atoms with E-state index >= 15 is 0 Å². The molecule has 2 rings (SSSR count). The maximum absolute atomic E-state index is 12.0. The van der Waals surface area contributed by atoms with Crippen molar-refractivity contribution in [3.63, 3.8) is 0 Å². The highest BCUT2D eigenvalue weighted by molar-refractivity contribution is 5.69. The zero-order valence-electron chi connectivity index (χ0n) is 22.2. The van der Waals surface area contributed by atoms with Gasteiger partial charge in [-0.2, -0.15) is 0 Å². The first-order valence-corrected chi connectivity index (χ1v) is 11.8. The first-order chi connectivity index (χ1) is 18.2. The van der Waals surface area contributed by atoms with Crippen LogP contribution in [0.2, 0.25) is 0 Å². The highest BCUT2D eigenvalue weighted by atomic mass is 16.8. The van der Waals surface area contributed by atoms with Gasteiger partial charge in [-0.05, 0) is 0 Å². The van der Waals surface area contributed by atoms with E-state index in [4.69, 9.17) is 42.6 Å². The molecule has 0 aliphatic carbocycles. The summed E-state index contributed by atoms with van der Waals surface area (Å²) in [6.07, 6.45) is -13.5. The van der Waals surface area contributed by atoms with E-state index in [-0.39, 0.29) is 0 Å². The molecule has 0 spiro atoms. The van der Waals surface area contributed by atoms with E-state index < -0.39 is 104 Å². The van der Waals surface area contributed by atoms with Crippen molar-refractivity contribution in [1.82, 2.24) is 0 Å². The molecule has 2 heterocycles. The Morgan fingerprint density at radius 1 is 0.641 bits per heavy atom. The minimum absolute atomic E-state index is 0.392. The fraction of sp³-hybridized carbons (Fsp3) is 0.739. The van der Waals surface area contributed by atoms with Crippen LogP contribution in [0.3, 0.4) is 0 Å². The van der Waals surface area contributed by atoms with Crippen molar-refractivity contribution < 1.29 is 76.5 Å². The number of aliphatic hydroxyl groups is 1. The Bertz CT molecular complexity index is 933. The topological polar surface area (TPSA) is 206 Å². The molecule has 0 aromatic carbocycles. The van der Waals surface area contributed by atoms with Crippen LogP contribution < -0.4 is 0 Å². The number of esters is 6. The Balaban J connectivity index is 2.50. The SMILES string of the molecule is CC(=O)OC[C@H]1O[C@@H](O)[C@H](OC(C)=O)[C@@H](OC(C)=O)[C@@H]1O[C@@H]1OC[C@@H](OC(C)=O)[C@H](OC(C)=O)[C@H]1OC(C)=O. The average Bonchev–Trinajstić information content (AvgIpc) is 2.78. The normalized spacial score (nSPS) is 32.2. The summed E-state index contributed by atoms with van der Waals surface area (Å²) in [7, 11) is 0. The maximum Gasteiger partial charge on any atom is 0.303 e. The van der Waals surface area contributed by atoms with Crippen LogP contribution in [0.15, 0.2) is 0 Å². The van der Waals surface area contributed by atoms with Crippen molar-refractivity contribution in [1.29, 1.82) is 0 Å². The molecule has 0 bridgehead atoms. The van der Waals surface area contributed by atoms with Crippen molar-refractivity contribution >= 4 is 35.8 Å². The van der Waals surface area contributed by atoms with Gasteiger partial charge >= 0.3 is 35.8 Å². The summed E-state index contributed by atoms with van der Waals surface area (Å²) in [4.78, 5) is 70.5. The van der Waals surface area contributed by atoms with Gasteiger partial charge in [-0.1, -0.05) is 0 Å². The van der Waals surface area contributed by atoms with Gasteiger partial charge in [-0.25, -0.2) is 0 Å². The van der Waals surface area contributed by atoms with E-state index in [0.29, 0.717) is 0 Å². The fourth-order valence-corrected chi connectivity index (χ4v) is 4.02. The molecule has 9 atom stereocenters. The third-order valence-electron chi connectivity index (χ3n) is 5.26. The van der Waals surface area contributed by atoms with Crippen molar-refractivity contribution in [3.05, 3.63) is 0 Å². The molecule has 0 unspecified atom stereocenters. The molecule has 2 saturated heterocycles. The van der Waals surface area contributed by atoms with Crippen LogP contribution in [-0.2, 0) is 71.4 Å². The standard InChI is InChI=1S/C23H32O16/c1-9(24)31-7-16-17(19(35-12(4)27)20(22(30)38-16)36-13(5)28)39-23-21(37-14(6)29)18(34-11(3)26)15(8-32-23)33-10(2)25/h15-23,30H,7-8H2,1-6H3/t15-,16-,17-,18+,19+,20-,21-,22-,23+/m1/s1. The summed E-state index contributed by atoms with van der Waals surface area (Å²) < 4.78 is 48.3. The van der Waals surface area contributed by atoms with E-state index in [0.717, 1.165) is 41.5 Å². The lowest BCUT2D eigenvalue weighted by atomic mass is 9.97. The highest BCUT2D eigenvalue weighted by Crippen LogP contribution is 2.32. The predicted octanol–water partition coefficient (Wildman–Crippen LogP) is -1.33. The summed E-state index contributed by atoms with van der Waals surface area (Å²) in [5, 5.41) is 10.5. The molecule has 16 nitrogen and oxygen atoms in total. The number of aliphatic hydroxyl groups excluding tert-OH is 1. The Labute approximate surface area is 223 Å². The summed E-state index contributed by atoms with van der Waals surface area (Å²) in [6.45, 7) is 5.53. The molecular formula is C23H32O16. The van der Waals surface area contributed by atoms with Gasteiger partial charge in [0.15, 0.2) is 43.1 Å². The van der Waals surface area contributed by atoms with Gasteiger partial charge in [-0.3, -0.25) is 28.8 Å². The molecule has 39 heavy (non-hydrogen) atoms. The number of rotatable bonds is 9. The lowest BCUT2D eigenvalue weighted by Crippen LogP contribution is -2.65. The molecule has 0 aromatic heterocycles. The number of ether oxygens (including phenoxy) is 9. The van der Waals surface area contributed by atoms with E-state index in [1.807, 2.05) is 0 Å². The Kier molecular flexibility index (Phi) is 11.6. The molecule has 0 amide bonds. The van der Waals surface area contributed by atoms with Gasteiger partial charge in [0.25, 0.3) is 0 Å². The second-order valence-electron chi connectivity index (χ2n) is 8.61. The minimum Gasteiger partial charge on any atom is -0.463 e. The smallest absolute Gasteiger partial charge is 0.303 e. The molecular weight excluding hydrogens is 532 g/mol. The van der Waals surface area contributed by atoms with E-state index in [9.17, 15) is 33.9 Å². The quantitative estimate of drug-likeness (QED) is 0.254. The maximum atomic E-state index is 12.0. The monoisotopic (exact) mass is 564 g/mol. The van der Waals surface area contributed by atoms with Crippen molar-refractivity contribution in [2.24, 2.45) is 0 Å². The summed E-state index contributed by atoms with van der Waals surface area (Å²) in [5.74, 6) is -4.83. The predicted molar refractivity (Wildman–Crippen MR) is 120 cm³/mol. The molecule has 2 fully saturated rings. The molecule has 1 N–H and O–H groups in total. The van der Waals surface area contributed by atoms with Gasteiger partial charge < -0.3 is 47.7 Å². The van der Waals surface area contributed by atoms with E-state index in [2.05, 4.69) is 0 Å². The summed E-state index contributed by atoms with van der Waals surface area (Å²) in [6, 6.07) is 0. The number of carbonyl (C=O) groups excluding carboxylic acids is 6. The molecule has 2 aliphatic rings. The van der Waals surface area contributed by atoms with E-state index in [1.165, 1.54) is 0 Å². The first-order valence-electron chi connectivity index (χ1n) is 11.8.